The third kappa shape index (κ3) is 6.08. The molecule has 0 saturated carbocycles. The number of hydrogen-bond donors (Lipinski definition) is 3. The summed E-state index contributed by atoms with van der Waals surface area (Å²) in [4.78, 5) is 20.7. The normalized spacial score (nSPS) is 18.3. The van der Waals surface area contributed by atoms with Crippen LogP contribution in [0.15, 0.2) is 18.6 Å². The number of carbonyl (C=O) groups is 1. The summed E-state index contributed by atoms with van der Waals surface area (Å²) in [6, 6.07) is 0. The lowest BCUT2D eigenvalue weighted by Gasteiger charge is -2.17. The molecular weight excluding hydrogens is 455 g/mol. The fourth-order valence-corrected chi connectivity index (χ4v) is 3.30. The van der Waals surface area contributed by atoms with Crippen molar-refractivity contribution in [1.29, 1.82) is 0 Å². The molecule has 1 fully saturated rings. The van der Waals surface area contributed by atoms with Gasteiger partial charge in [-0.2, -0.15) is 28.2 Å². The molecule has 14 heteroatoms. The molecule has 2 atom stereocenters. The minimum absolute atomic E-state index is 0.127. The summed E-state index contributed by atoms with van der Waals surface area (Å²) in [5, 5.41) is 11.8. The predicted octanol–water partition coefficient (Wildman–Crippen LogP) is 2.45. The maximum absolute atomic E-state index is 10.4. The molecule has 1 aliphatic heterocycles. The molecule has 3 aromatic rings. The van der Waals surface area contributed by atoms with E-state index in [2.05, 4.69) is 30.7 Å². The van der Waals surface area contributed by atoms with E-state index in [4.69, 9.17) is 25.9 Å². The molecule has 0 spiro atoms. The second-order valence-corrected chi connectivity index (χ2v) is 7.31. The van der Waals surface area contributed by atoms with Gasteiger partial charge in [0.05, 0.1) is 35.0 Å². The number of fused-ring (bicyclic) bond motifs is 1. The summed E-state index contributed by atoms with van der Waals surface area (Å²) in [6.45, 7) is 2.14. The lowest BCUT2D eigenvalue weighted by atomic mass is 10.1. The smallest absolute Gasteiger partial charge is 0.446 e. The first-order valence-corrected chi connectivity index (χ1v) is 9.77. The Morgan fingerprint density at radius 3 is 2.75 bits per heavy atom. The lowest BCUT2D eigenvalue weighted by Crippen LogP contribution is -2.26. The zero-order valence-electron chi connectivity index (χ0n) is 17.1. The highest BCUT2D eigenvalue weighted by atomic mass is 35.5. The van der Waals surface area contributed by atoms with Crippen molar-refractivity contribution in [3.05, 3.63) is 23.6 Å². The molecule has 3 aromatic heterocycles. The van der Waals surface area contributed by atoms with Gasteiger partial charge in [-0.15, -0.1) is 0 Å². The van der Waals surface area contributed by atoms with Crippen molar-refractivity contribution < 1.29 is 27.4 Å². The van der Waals surface area contributed by atoms with Gasteiger partial charge in [0.25, 0.3) is 0 Å². The second kappa shape index (κ2) is 10.1. The van der Waals surface area contributed by atoms with Gasteiger partial charge in [-0.05, 0) is 0 Å². The van der Waals surface area contributed by atoms with Crippen LogP contribution in [-0.4, -0.2) is 70.1 Å². The highest BCUT2D eigenvalue weighted by Gasteiger charge is 2.28. The van der Waals surface area contributed by atoms with Crippen molar-refractivity contribution in [2.45, 2.75) is 12.3 Å². The van der Waals surface area contributed by atoms with Gasteiger partial charge in [0, 0.05) is 45.6 Å². The van der Waals surface area contributed by atoms with Crippen LogP contribution < -0.4 is 15.4 Å². The third-order valence-electron chi connectivity index (χ3n) is 4.56. The van der Waals surface area contributed by atoms with Gasteiger partial charge in [-0.25, -0.2) is 0 Å². The number of aromatic nitrogens is 5. The van der Waals surface area contributed by atoms with Crippen molar-refractivity contribution in [2.75, 3.05) is 32.1 Å². The number of alkyl halides is 3. The van der Waals surface area contributed by atoms with Gasteiger partial charge in [-0.3, -0.25) is 9.48 Å². The molecule has 4 heterocycles. The first kappa shape index (κ1) is 23.8. The molecule has 0 aliphatic carbocycles. The Labute approximate surface area is 185 Å². The number of aldehydes is 1. The van der Waals surface area contributed by atoms with Gasteiger partial charge >= 0.3 is 6.18 Å². The SMILES string of the molecule is CO[C@H]1CNC[C@@H]1COc1nc(Nc2cnn(C)c2)nc2[nH]cc(Cl)c12.O=CC(F)(F)F. The third-order valence-corrected chi connectivity index (χ3v) is 4.86. The zero-order chi connectivity index (χ0) is 23.3. The number of nitrogens with one attached hydrogen (secondary N) is 3. The number of hydrogen-bond acceptors (Lipinski definition) is 8. The molecule has 4 rings (SSSR count). The molecule has 32 heavy (non-hydrogen) atoms. The van der Waals surface area contributed by atoms with E-state index in [0.29, 0.717) is 34.5 Å². The molecule has 0 unspecified atom stereocenters. The summed E-state index contributed by atoms with van der Waals surface area (Å²) < 4.78 is 44.5. The highest BCUT2D eigenvalue weighted by Crippen LogP contribution is 2.32. The monoisotopic (exact) mass is 475 g/mol. The number of methoxy groups -OCH3 is 1. The van der Waals surface area contributed by atoms with Gasteiger partial charge in [0.15, 0.2) is 0 Å². The Morgan fingerprint density at radius 2 is 2.12 bits per heavy atom. The van der Waals surface area contributed by atoms with E-state index in [0.717, 1.165) is 18.8 Å². The largest absolute Gasteiger partial charge is 0.477 e. The van der Waals surface area contributed by atoms with Crippen LogP contribution in [0.3, 0.4) is 0 Å². The Kier molecular flexibility index (Phi) is 7.53. The topological polar surface area (TPSA) is 119 Å². The van der Waals surface area contributed by atoms with Gasteiger partial charge in [0.2, 0.25) is 18.1 Å². The maximum atomic E-state index is 10.4. The van der Waals surface area contributed by atoms with Crippen LogP contribution in [0, 0.1) is 5.92 Å². The predicted molar refractivity (Wildman–Crippen MR) is 110 cm³/mol. The van der Waals surface area contributed by atoms with Crippen molar-refractivity contribution in [3.63, 3.8) is 0 Å². The first-order chi connectivity index (χ1) is 15.2. The number of nitrogens with zero attached hydrogens (tertiary/aromatic N) is 4. The number of carbonyl (C=O) groups excluding carboxylic acids is 1. The number of H-pyrrole nitrogens is 1. The molecule has 0 bridgehead atoms. The summed E-state index contributed by atoms with van der Waals surface area (Å²) in [6.07, 6.45) is -0.363. The zero-order valence-corrected chi connectivity index (χ0v) is 17.9. The van der Waals surface area contributed by atoms with Crippen molar-refractivity contribution in [1.82, 2.24) is 30.0 Å². The van der Waals surface area contributed by atoms with Crippen molar-refractivity contribution >= 4 is 40.6 Å². The Balaban J connectivity index is 0.000000427. The molecule has 0 radical (unpaired) electrons. The van der Waals surface area contributed by atoms with Crippen LogP contribution in [-0.2, 0) is 16.6 Å². The number of halogens is 4. The van der Waals surface area contributed by atoms with E-state index >= 15 is 0 Å². The lowest BCUT2D eigenvalue weighted by molar-refractivity contribution is -0.156. The molecule has 0 aromatic carbocycles. The standard InChI is InChI=1S/C16H20ClN7O2.C2HF3O/c1-24-7-10(4-20-24)21-16-22-14-13(11(17)5-19-14)15(23-16)26-8-9-3-18-6-12(9)25-2;3-2(4,5)1-6/h4-5,7,9,12,18H,3,6,8H2,1-2H3,(H2,19,21,22,23);1H/t9-,12+;/m1./s1. The summed E-state index contributed by atoms with van der Waals surface area (Å²) in [5.41, 5.74) is 1.40. The Morgan fingerprint density at radius 1 is 1.38 bits per heavy atom. The van der Waals surface area contributed by atoms with E-state index in [1.807, 2.05) is 13.2 Å². The molecule has 10 nitrogen and oxygen atoms in total. The van der Waals surface area contributed by atoms with Crippen LogP contribution in [0.1, 0.15) is 0 Å². The van der Waals surface area contributed by atoms with Crippen LogP contribution in [0.5, 0.6) is 5.88 Å². The number of rotatable bonds is 6. The van der Waals surface area contributed by atoms with Gasteiger partial charge < -0.3 is 25.1 Å². The summed E-state index contributed by atoms with van der Waals surface area (Å²) >= 11 is 6.28. The number of aromatic amines is 1. The quantitative estimate of drug-likeness (QED) is 0.465. The first-order valence-electron chi connectivity index (χ1n) is 9.39. The number of anilines is 2. The average molecular weight is 476 g/mol. The summed E-state index contributed by atoms with van der Waals surface area (Å²) in [7, 11) is 3.56. The fourth-order valence-electron chi connectivity index (χ4n) is 3.08. The Bertz CT molecular complexity index is 1060. The number of aryl methyl sites for hydroxylation is 1. The minimum Gasteiger partial charge on any atom is -0.477 e. The van der Waals surface area contributed by atoms with Crippen LogP contribution in [0.2, 0.25) is 5.02 Å². The van der Waals surface area contributed by atoms with E-state index in [1.165, 1.54) is 0 Å². The van der Waals surface area contributed by atoms with Crippen LogP contribution in [0.25, 0.3) is 11.0 Å². The van der Waals surface area contributed by atoms with Gasteiger partial charge in [0.1, 0.15) is 5.65 Å². The minimum atomic E-state index is -4.64. The van der Waals surface area contributed by atoms with Crippen LogP contribution >= 0.6 is 11.6 Å². The molecular formula is C18H21ClF3N7O3. The maximum Gasteiger partial charge on any atom is 0.446 e. The number of ether oxygens (including phenoxy) is 2. The van der Waals surface area contributed by atoms with Gasteiger partial charge in [-0.1, -0.05) is 11.6 Å². The fraction of sp³-hybridized carbons (Fsp3) is 0.444. The van der Waals surface area contributed by atoms with Crippen LogP contribution in [0.4, 0.5) is 24.8 Å². The van der Waals surface area contributed by atoms with Crippen molar-refractivity contribution in [2.24, 2.45) is 13.0 Å². The highest BCUT2D eigenvalue weighted by molar-refractivity contribution is 6.35. The molecule has 3 N–H and O–H groups in total. The van der Waals surface area contributed by atoms with E-state index < -0.39 is 12.5 Å². The Hall–Kier alpha value is -2.90. The average Bonchev–Trinajstić information content (AvgIpc) is 3.46. The second-order valence-electron chi connectivity index (χ2n) is 6.90. The molecule has 0 amide bonds. The van der Waals surface area contributed by atoms with E-state index in [-0.39, 0.29) is 12.0 Å². The summed E-state index contributed by atoms with van der Waals surface area (Å²) in [5.74, 6) is 1.10. The molecule has 1 aliphatic rings. The van der Waals surface area contributed by atoms with E-state index in [1.54, 1.807) is 24.2 Å². The van der Waals surface area contributed by atoms with E-state index in [9.17, 15) is 13.2 Å². The van der Waals surface area contributed by atoms with Crippen molar-refractivity contribution in [3.8, 4) is 5.88 Å². The molecule has 174 valence electrons. The molecule has 1 saturated heterocycles.